The van der Waals surface area contributed by atoms with Crippen LogP contribution in [0.25, 0.3) is 0 Å². The molecule has 0 aromatic carbocycles. The summed E-state index contributed by atoms with van der Waals surface area (Å²) in [6.45, 7) is 0. The summed E-state index contributed by atoms with van der Waals surface area (Å²) >= 11 is 0. The van der Waals surface area contributed by atoms with Gasteiger partial charge in [0.15, 0.2) is 0 Å². The van der Waals surface area contributed by atoms with Gasteiger partial charge in [-0.2, -0.15) is 0 Å². The molecule has 0 saturated heterocycles. The van der Waals surface area contributed by atoms with Crippen molar-refractivity contribution in [1.29, 1.82) is 0 Å². The van der Waals surface area contributed by atoms with Gasteiger partial charge in [0.25, 0.3) is 0 Å². The third-order valence-corrected chi connectivity index (χ3v) is 2.64. The molecule has 0 aliphatic heterocycles. The number of hydrogen-bond donors (Lipinski definition) is 0. The van der Waals surface area contributed by atoms with Gasteiger partial charge < -0.3 is 0 Å². The summed E-state index contributed by atoms with van der Waals surface area (Å²) in [7, 11) is 0. The van der Waals surface area contributed by atoms with Crippen LogP contribution in [-0.2, 0) is 4.79 Å². The Morgan fingerprint density at radius 1 is 1.46 bits per heavy atom. The quantitative estimate of drug-likeness (QED) is 0.655. The highest BCUT2D eigenvalue weighted by molar-refractivity contribution is 5.80. The van der Waals surface area contributed by atoms with Gasteiger partial charge in [-0.15, -0.1) is 0 Å². The van der Waals surface area contributed by atoms with Crippen LogP contribution in [0.15, 0.2) is 24.5 Å². The lowest BCUT2D eigenvalue weighted by Crippen LogP contribution is -2.13. The van der Waals surface area contributed by atoms with E-state index in [4.69, 9.17) is 0 Å². The van der Waals surface area contributed by atoms with Crippen LogP contribution in [-0.4, -0.2) is 10.8 Å². The van der Waals surface area contributed by atoms with Crippen LogP contribution in [0.1, 0.15) is 37.2 Å². The molecule has 2 nitrogen and oxygen atoms in total. The van der Waals surface area contributed by atoms with E-state index in [1.54, 1.807) is 6.20 Å². The van der Waals surface area contributed by atoms with Gasteiger partial charge in [-0.25, -0.2) is 0 Å². The molecule has 2 rings (SSSR count). The molecule has 1 aliphatic rings. The lowest BCUT2D eigenvalue weighted by molar-refractivity contribution is -0.120. The Hall–Kier alpha value is -1.18. The van der Waals surface area contributed by atoms with Crippen molar-refractivity contribution < 1.29 is 4.79 Å². The fourth-order valence-corrected chi connectivity index (χ4v) is 1.93. The first kappa shape index (κ1) is 8.42. The Bertz CT molecular complexity index is 294. The number of aromatic nitrogens is 1. The third-order valence-electron chi connectivity index (χ3n) is 2.64. The summed E-state index contributed by atoms with van der Waals surface area (Å²) in [5.41, 5.74) is 1.22. The van der Waals surface area contributed by atoms with Crippen LogP contribution in [0.5, 0.6) is 0 Å². The Kier molecular flexibility index (Phi) is 2.39. The topological polar surface area (TPSA) is 30.0 Å². The molecular formula is C11H13NO. The molecule has 1 aromatic rings. The zero-order valence-electron chi connectivity index (χ0n) is 7.57. The number of carbonyl (C=O) groups excluding carboxylic acids is 1. The maximum absolute atomic E-state index is 11.2. The third kappa shape index (κ3) is 1.94. The molecule has 1 aromatic heterocycles. The zero-order valence-corrected chi connectivity index (χ0v) is 7.57. The predicted molar refractivity (Wildman–Crippen MR) is 50.5 cm³/mol. The molecule has 68 valence electrons. The van der Waals surface area contributed by atoms with Crippen LogP contribution in [0.4, 0.5) is 0 Å². The van der Waals surface area contributed by atoms with Crippen molar-refractivity contribution >= 4 is 5.78 Å². The van der Waals surface area contributed by atoms with Crippen LogP contribution in [0.2, 0.25) is 0 Å². The van der Waals surface area contributed by atoms with Crippen molar-refractivity contribution in [1.82, 2.24) is 4.98 Å². The first-order chi connectivity index (χ1) is 6.36. The van der Waals surface area contributed by atoms with E-state index in [-0.39, 0.29) is 0 Å². The van der Waals surface area contributed by atoms with E-state index in [2.05, 4.69) is 11.1 Å². The second-order valence-corrected chi connectivity index (χ2v) is 3.62. The van der Waals surface area contributed by atoms with Gasteiger partial charge in [0.2, 0.25) is 0 Å². The first-order valence-corrected chi connectivity index (χ1v) is 4.78. The van der Waals surface area contributed by atoms with Crippen molar-refractivity contribution in [3.8, 4) is 0 Å². The number of hydrogen-bond acceptors (Lipinski definition) is 2. The molecule has 0 amide bonds. The lowest BCUT2D eigenvalue weighted by atomic mass is 9.84. The Balaban J connectivity index is 2.13. The number of pyridine rings is 1. The predicted octanol–water partition coefficient (Wildman–Crippen LogP) is 2.31. The van der Waals surface area contributed by atoms with Crippen molar-refractivity contribution in [2.75, 3.05) is 0 Å². The minimum atomic E-state index is 0.403. The number of carbonyl (C=O) groups is 1. The summed E-state index contributed by atoms with van der Waals surface area (Å²) in [5.74, 6) is 0.829. The van der Waals surface area contributed by atoms with E-state index in [1.807, 2.05) is 12.3 Å². The van der Waals surface area contributed by atoms with Gasteiger partial charge in [-0.1, -0.05) is 6.07 Å². The van der Waals surface area contributed by atoms with Crippen LogP contribution in [0, 0.1) is 0 Å². The Morgan fingerprint density at radius 2 is 2.38 bits per heavy atom. The number of rotatable bonds is 1. The summed E-state index contributed by atoms with van der Waals surface area (Å²) in [4.78, 5) is 15.3. The minimum absolute atomic E-state index is 0.403. The maximum atomic E-state index is 11.2. The molecule has 1 aliphatic carbocycles. The lowest BCUT2D eigenvalue weighted by Gasteiger charge is -2.20. The van der Waals surface area contributed by atoms with Gasteiger partial charge in [0, 0.05) is 25.2 Å². The molecule has 0 bridgehead atoms. The molecule has 13 heavy (non-hydrogen) atoms. The first-order valence-electron chi connectivity index (χ1n) is 4.78. The van der Waals surface area contributed by atoms with Crippen LogP contribution < -0.4 is 0 Å². The zero-order chi connectivity index (χ0) is 9.10. The SMILES string of the molecule is O=C1CCC[C@H](c2cccnc2)C1. The van der Waals surface area contributed by atoms with Crippen LogP contribution >= 0.6 is 0 Å². The molecule has 2 heteroatoms. The van der Waals surface area contributed by atoms with Gasteiger partial charge in [0.1, 0.15) is 5.78 Å². The van der Waals surface area contributed by atoms with Gasteiger partial charge in [0.05, 0.1) is 0 Å². The summed E-state index contributed by atoms with van der Waals surface area (Å²) in [6, 6.07) is 4.00. The van der Waals surface area contributed by atoms with Gasteiger partial charge in [-0.05, 0) is 30.4 Å². The smallest absolute Gasteiger partial charge is 0.133 e. The monoisotopic (exact) mass is 175 g/mol. The van der Waals surface area contributed by atoms with Crippen LogP contribution in [0.3, 0.4) is 0 Å². The summed E-state index contributed by atoms with van der Waals surface area (Å²) in [5, 5.41) is 0. The molecular weight excluding hydrogens is 162 g/mol. The van der Waals surface area contributed by atoms with Crippen molar-refractivity contribution in [2.24, 2.45) is 0 Å². The van der Waals surface area contributed by atoms with E-state index in [0.717, 1.165) is 19.3 Å². The normalized spacial score (nSPS) is 23.1. The van der Waals surface area contributed by atoms with E-state index in [0.29, 0.717) is 18.1 Å². The molecule has 0 spiro atoms. The highest BCUT2D eigenvalue weighted by Crippen LogP contribution is 2.29. The standard InChI is InChI=1S/C11H13NO/c13-11-5-1-3-9(7-11)10-4-2-6-12-8-10/h2,4,6,8-9H,1,3,5,7H2/t9-/m0/s1. The maximum Gasteiger partial charge on any atom is 0.133 e. The molecule has 1 saturated carbocycles. The molecule has 0 unspecified atom stereocenters. The minimum Gasteiger partial charge on any atom is -0.300 e. The van der Waals surface area contributed by atoms with E-state index in [1.165, 1.54) is 5.56 Å². The molecule has 0 radical (unpaired) electrons. The van der Waals surface area contributed by atoms with Crippen molar-refractivity contribution in [3.05, 3.63) is 30.1 Å². The fraction of sp³-hybridized carbons (Fsp3) is 0.455. The molecule has 1 fully saturated rings. The molecule has 1 heterocycles. The highest BCUT2D eigenvalue weighted by atomic mass is 16.1. The summed E-state index contributed by atoms with van der Waals surface area (Å²) in [6.07, 6.45) is 7.32. The summed E-state index contributed by atoms with van der Waals surface area (Å²) < 4.78 is 0. The largest absolute Gasteiger partial charge is 0.300 e. The van der Waals surface area contributed by atoms with E-state index < -0.39 is 0 Å². The van der Waals surface area contributed by atoms with Gasteiger partial charge >= 0.3 is 0 Å². The molecule has 1 atom stereocenters. The van der Waals surface area contributed by atoms with Crippen molar-refractivity contribution in [2.45, 2.75) is 31.6 Å². The molecule has 0 N–H and O–H groups in total. The van der Waals surface area contributed by atoms with E-state index >= 15 is 0 Å². The van der Waals surface area contributed by atoms with Gasteiger partial charge in [-0.3, -0.25) is 9.78 Å². The van der Waals surface area contributed by atoms with E-state index in [9.17, 15) is 4.79 Å². The Labute approximate surface area is 78.0 Å². The Morgan fingerprint density at radius 3 is 3.08 bits per heavy atom. The average Bonchev–Trinajstić information content (AvgIpc) is 2.19. The second-order valence-electron chi connectivity index (χ2n) is 3.62. The second kappa shape index (κ2) is 3.69. The number of Topliss-reactive ketones (excluding diaryl/α,β-unsaturated/α-hetero) is 1. The fourth-order valence-electron chi connectivity index (χ4n) is 1.93. The highest BCUT2D eigenvalue weighted by Gasteiger charge is 2.20. The number of ketones is 1. The number of nitrogens with zero attached hydrogens (tertiary/aromatic N) is 1. The van der Waals surface area contributed by atoms with Crippen molar-refractivity contribution in [3.63, 3.8) is 0 Å². The average molecular weight is 175 g/mol.